The molecular weight excluding hydrogens is 271 g/mol. The van der Waals surface area contributed by atoms with Gasteiger partial charge in [0.2, 0.25) is 0 Å². The quantitative estimate of drug-likeness (QED) is 0.670. The van der Waals surface area contributed by atoms with Gasteiger partial charge in [-0.15, -0.1) is 0 Å². The Morgan fingerprint density at radius 2 is 2.14 bits per heavy atom. The second-order valence-corrected chi connectivity index (χ2v) is 4.52. The molecule has 0 unspecified atom stereocenters. The average molecular weight is 288 g/mol. The maximum Gasteiger partial charge on any atom is 0.262 e. The highest BCUT2D eigenvalue weighted by atomic mass is 19.1. The van der Waals surface area contributed by atoms with Crippen LogP contribution in [0.1, 0.15) is 23.0 Å². The Hall–Kier alpha value is -2.47. The molecule has 5 nitrogen and oxygen atoms in total. The fourth-order valence-electron chi connectivity index (χ4n) is 2.09. The average Bonchev–Trinajstić information content (AvgIpc) is 2.49. The van der Waals surface area contributed by atoms with Crippen LogP contribution in [-0.4, -0.2) is 17.4 Å². The van der Waals surface area contributed by atoms with Crippen molar-refractivity contribution in [2.24, 2.45) is 5.84 Å². The highest BCUT2D eigenvalue weighted by Gasteiger charge is 2.21. The van der Waals surface area contributed by atoms with Gasteiger partial charge in [0.25, 0.3) is 5.91 Å². The molecule has 110 valence electrons. The van der Waals surface area contributed by atoms with E-state index < -0.39 is 5.82 Å². The van der Waals surface area contributed by atoms with Gasteiger partial charge in [0, 0.05) is 18.4 Å². The van der Waals surface area contributed by atoms with Crippen molar-refractivity contribution in [3.63, 3.8) is 0 Å². The van der Waals surface area contributed by atoms with E-state index in [1.165, 1.54) is 17.2 Å². The lowest BCUT2D eigenvalue weighted by Gasteiger charge is -2.22. The number of rotatable bonds is 4. The first kappa shape index (κ1) is 14.9. The van der Waals surface area contributed by atoms with Crippen LogP contribution in [0.2, 0.25) is 0 Å². The molecule has 0 aliphatic heterocycles. The highest BCUT2D eigenvalue weighted by Crippen LogP contribution is 2.23. The summed E-state index contributed by atoms with van der Waals surface area (Å²) in [6, 6.07) is 7.82. The Morgan fingerprint density at radius 3 is 2.76 bits per heavy atom. The van der Waals surface area contributed by atoms with Gasteiger partial charge >= 0.3 is 0 Å². The van der Waals surface area contributed by atoms with Crippen LogP contribution in [0.4, 0.5) is 15.8 Å². The highest BCUT2D eigenvalue weighted by molar-refractivity contribution is 6.09. The number of carbonyl (C=O) groups is 1. The van der Waals surface area contributed by atoms with Crippen molar-refractivity contribution in [3.8, 4) is 0 Å². The minimum Gasteiger partial charge on any atom is -0.323 e. The zero-order valence-electron chi connectivity index (χ0n) is 11.9. The Bertz CT molecular complexity index is 660. The monoisotopic (exact) mass is 288 g/mol. The van der Waals surface area contributed by atoms with Crippen LogP contribution in [0.15, 0.2) is 36.5 Å². The van der Waals surface area contributed by atoms with E-state index in [0.717, 1.165) is 5.69 Å². The summed E-state index contributed by atoms with van der Waals surface area (Å²) in [5.74, 6) is 4.64. The number of pyridine rings is 1. The molecule has 6 heteroatoms. The second-order valence-electron chi connectivity index (χ2n) is 4.52. The fraction of sp³-hybridized carbons (Fsp3) is 0.200. The van der Waals surface area contributed by atoms with Gasteiger partial charge in [0.1, 0.15) is 5.82 Å². The third kappa shape index (κ3) is 3.00. The van der Waals surface area contributed by atoms with Crippen LogP contribution < -0.4 is 16.2 Å². The maximum absolute atomic E-state index is 13.9. The van der Waals surface area contributed by atoms with Gasteiger partial charge in [-0.05, 0) is 32.0 Å². The number of benzene rings is 1. The molecule has 0 atom stereocenters. The summed E-state index contributed by atoms with van der Waals surface area (Å²) in [6.45, 7) is 3.91. The van der Waals surface area contributed by atoms with Crippen molar-refractivity contribution in [2.75, 3.05) is 16.9 Å². The van der Waals surface area contributed by atoms with Gasteiger partial charge in [-0.1, -0.05) is 12.1 Å². The maximum atomic E-state index is 13.9. The predicted molar refractivity (Wildman–Crippen MR) is 80.5 cm³/mol. The third-order valence-corrected chi connectivity index (χ3v) is 3.13. The van der Waals surface area contributed by atoms with E-state index in [2.05, 4.69) is 10.4 Å². The van der Waals surface area contributed by atoms with E-state index in [0.29, 0.717) is 17.8 Å². The summed E-state index contributed by atoms with van der Waals surface area (Å²) in [6.07, 6.45) is 1.44. The number of carbonyl (C=O) groups excluding carboxylic acids is 1. The van der Waals surface area contributed by atoms with Gasteiger partial charge < -0.3 is 10.3 Å². The summed E-state index contributed by atoms with van der Waals surface area (Å²) in [4.78, 5) is 18.1. The van der Waals surface area contributed by atoms with Gasteiger partial charge in [-0.2, -0.15) is 0 Å². The molecule has 3 N–H and O–H groups in total. The standard InChI is InChI=1S/C15H17FN4O/c1-3-20(14-7-5-4-6-12(14)16)15(21)11-9-18-10(2)8-13(11)19-17/h4-9H,3,17H2,1-2H3,(H,18,19). The molecule has 0 saturated heterocycles. The van der Waals surface area contributed by atoms with Crippen LogP contribution in [-0.2, 0) is 0 Å². The van der Waals surface area contributed by atoms with Crippen molar-refractivity contribution in [2.45, 2.75) is 13.8 Å². The lowest BCUT2D eigenvalue weighted by Crippen LogP contribution is -2.32. The minimum absolute atomic E-state index is 0.230. The molecule has 21 heavy (non-hydrogen) atoms. The number of hydrogen-bond acceptors (Lipinski definition) is 4. The molecule has 0 spiro atoms. The van der Waals surface area contributed by atoms with Gasteiger partial charge in [0.05, 0.1) is 16.9 Å². The number of halogens is 1. The van der Waals surface area contributed by atoms with Crippen molar-refractivity contribution in [1.82, 2.24) is 4.98 Å². The Balaban J connectivity index is 2.44. The summed E-state index contributed by atoms with van der Waals surface area (Å²) in [5, 5.41) is 0. The number of aryl methyl sites for hydroxylation is 1. The Kier molecular flexibility index (Phi) is 4.49. The van der Waals surface area contributed by atoms with E-state index in [4.69, 9.17) is 5.84 Å². The van der Waals surface area contributed by atoms with Crippen molar-refractivity contribution >= 4 is 17.3 Å². The molecule has 0 bridgehead atoms. The fourth-order valence-corrected chi connectivity index (χ4v) is 2.09. The SMILES string of the molecule is CCN(C(=O)c1cnc(C)cc1NN)c1ccccc1F. The number of para-hydroxylation sites is 1. The second kappa shape index (κ2) is 6.32. The minimum atomic E-state index is -0.449. The van der Waals surface area contributed by atoms with Gasteiger partial charge in [-0.25, -0.2) is 4.39 Å². The van der Waals surface area contributed by atoms with E-state index in [9.17, 15) is 9.18 Å². The van der Waals surface area contributed by atoms with Gasteiger partial charge in [-0.3, -0.25) is 15.6 Å². The molecule has 0 fully saturated rings. The number of nitrogen functional groups attached to an aromatic ring is 1. The lowest BCUT2D eigenvalue weighted by atomic mass is 10.1. The smallest absolute Gasteiger partial charge is 0.262 e. The van der Waals surface area contributed by atoms with Crippen molar-refractivity contribution in [3.05, 3.63) is 53.6 Å². The molecule has 0 radical (unpaired) electrons. The third-order valence-electron chi connectivity index (χ3n) is 3.13. The number of nitrogens with two attached hydrogens (primary N) is 1. The van der Waals surface area contributed by atoms with Crippen LogP contribution in [0.5, 0.6) is 0 Å². The van der Waals surface area contributed by atoms with E-state index in [-0.39, 0.29) is 11.6 Å². The number of nitrogens with one attached hydrogen (secondary N) is 1. The van der Waals surface area contributed by atoms with E-state index in [1.807, 2.05) is 0 Å². The molecule has 1 aromatic heterocycles. The first-order valence-electron chi connectivity index (χ1n) is 6.58. The number of hydrogen-bond donors (Lipinski definition) is 2. The first-order chi connectivity index (χ1) is 10.1. The van der Waals surface area contributed by atoms with Gasteiger partial charge in [0.15, 0.2) is 0 Å². The summed E-state index contributed by atoms with van der Waals surface area (Å²) >= 11 is 0. The number of amides is 1. The van der Waals surface area contributed by atoms with Crippen molar-refractivity contribution < 1.29 is 9.18 Å². The van der Waals surface area contributed by atoms with E-state index >= 15 is 0 Å². The molecule has 0 aliphatic rings. The molecule has 1 aromatic carbocycles. The molecular formula is C15H17FN4O. The number of hydrazine groups is 1. The van der Waals surface area contributed by atoms with Crippen molar-refractivity contribution in [1.29, 1.82) is 0 Å². The normalized spacial score (nSPS) is 10.3. The van der Waals surface area contributed by atoms with Crippen LogP contribution in [0.3, 0.4) is 0 Å². The van der Waals surface area contributed by atoms with E-state index in [1.54, 1.807) is 38.1 Å². The summed E-state index contributed by atoms with van der Waals surface area (Å²) < 4.78 is 13.9. The topological polar surface area (TPSA) is 71.2 Å². The molecule has 1 amide bonds. The summed E-state index contributed by atoms with van der Waals surface area (Å²) in [7, 11) is 0. The van der Waals surface area contributed by atoms with Crippen LogP contribution in [0, 0.1) is 12.7 Å². The number of aromatic nitrogens is 1. The van der Waals surface area contributed by atoms with Crippen LogP contribution >= 0.6 is 0 Å². The molecule has 1 heterocycles. The Labute approximate surface area is 122 Å². The Morgan fingerprint density at radius 1 is 1.43 bits per heavy atom. The molecule has 2 aromatic rings. The lowest BCUT2D eigenvalue weighted by molar-refractivity contribution is 0.0988. The number of anilines is 2. The first-order valence-corrected chi connectivity index (χ1v) is 6.58. The molecule has 0 aliphatic carbocycles. The number of nitrogens with zero attached hydrogens (tertiary/aromatic N) is 2. The largest absolute Gasteiger partial charge is 0.323 e. The van der Waals surface area contributed by atoms with Crippen LogP contribution in [0.25, 0.3) is 0 Å². The zero-order chi connectivity index (χ0) is 15.4. The predicted octanol–water partition coefficient (Wildman–Crippen LogP) is 2.48. The zero-order valence-corrected chi connectivity index (χ0v) is 11.9. The molecule has 0 saturated carbocycles. The summed E-state index contributed by atoms with van der Waals surface area (Å²) in [5.41, 5.74) is 4.20. The molecule has 2 rings (SSSR count).